The lowest BCUT2D eigenvalue weighted by molar-refractivity contribution is 0.296. The molecule has 0 fully saturated rings. The van der Waals surface area contributed by atoms with Crippen molar-refractivity contribution in [1.29, 1.82) is 0 Å². The molecule has 0 saturated carbocycles. The number of hydrogen-bond donors (Lipinski definition) is 1. The lowest BCUT2D eigenvalue weighted by atomic mass is 10.2. The van der Waals surface area contributed by atoms with Gasteiger partial charge in [0.05, 0.1) is 0 Å². The first kappa shape index (κ1) is 27.6. The van der Waals surface area contributed by atoms with Crippen LogP contribution in [-0.2, 0) is 13.2 Å². The van der Waals surface area contributed by atoms with Crippen molar-refractivity contribution in [2.24, 2.45) is 0 Å². The second kappa shape index (κ2) is 14.6. The molecule has 28 heavy (non-hydrogen) atoms. The van der Waals surface area contributed by atoms with Gasteiger partial charge in [0, 0.05) is 45.8 Å². The smallest absolute Gasteiger partial charge is 0.124 e. The van der Waals surface area contributed by atoms with E-state index < -0.39 is 0 Å². The summed E-state index contributed by atoms with van der Waals surface area (Å²) in [7, 11) is 0. The molecule has 0 saturated heterocycles. The minimum atomic E-state index is 0. The van der Waals surface area contributed by atoms with Gasteiger partial charge in [0.1, 0.15) is 12.4 Å². The Morgan fingerprint density at radius 1 is 0.893 bits per heavy atom. The third-order valence-electron chi connectivity index (χ3n) is 4.24. The normalized spacial score (nSPS) is 10.4. The minimum Gasteiger partial charge on any atom is -0.489 e. The molecule has 0 amide bonds. The van der Waals surface area contributed by atoms with Crippen LogP contribution >= 0.6 is 59.6 Å². The highest BCUT2D eigenvalue weighted by Crippen LogP contribution is 2.26. The molecular formula is C20H27Cl5N2O. The van der Waals surface area contributed by atoms with Crippen LogP contribution in [0.5, 0.6) is 5.75 Å². The standard InChI is InChI=1S/C20H25Cl3N2O.2ClH/c1-3-25(4-2)10-9-24-13-16-11-17(21)7-8-20(16)26-14-15-5-6-18(22)12-19(15)23;;/h5-8,11-12,24H,3-4,9-10,13-14H2,1-2H3;2*1H. The van der Waals surface area contributed by atoms with Crippen molar-refractivity contribution in [3.63, 3.8) is 0 Å². The average Bonchev–Trinajstić information content (AvgIpc) is 2.62. The fourth-order valence-electron chi connectivity index (χ4n) is 2.62. The lowest BCUT2D eigenvalue weighted by Gasteiger charge is -2.18. The largest absolute Gasteiger partial charge is 0.489 e. The summed E-state index contributed by atoms with van der Waals surface area (Å²) in [4.78, 5) is 2.38. The number of nitrogens with zero attached hydrogens (tertiary/aromatic N) is 1. The zero-order valence-electron chi connectivity index (χ0n) is 16.0. The Hall–Kier alpha value is -0.390. The first-order chi connectivity index (χ1) is 12.5. The second-order valence-corrected chi connectivity index (χ2v) is 7.26. The maximum absolute atomic E-state index is 6.22. The SMILES string of the molecule is CCN(CC)CCNCc1cc(Cl)ccc1OCc1ccc(Cl)cc1Cl.Cl.Cl. The van der Waals surface area contributed by atoms with Crippen molar-refractivity contribution < 1.29 is 4.74 Å². The maximum atomic E-state index is 6.22. The Morgan fingerprint density at radius 2 is 1.54 bits per heavy atom. The van der Waals surface area contributed by atoms with E-state index in [9.17, 15) is 0 Å². The predicted molar refractivity (Wildman–Crippen MR) is 126 cm³/mol. The highest BCUT2D eigenvalue weighted by Gasteiger charge is 2.08. The zero-order valence-corrected chi connectivity index (χ0v) is 19.9. The van der Waals surface area contributed by atoms with Gasteiger partial charge in [-0.15, -0.1) is 24.8 Å². The maximum Gasteiger partial charge on any atom is 0.124 e. The van der Waals surface area contributed by atoms with Crippen LogP contribution < -0.4 is 10.1 Å². The van der Waals surface area contributed by atoms with Crippen LogP contribution in [0.4, 0.5) is 0 Å². The average molecular weight is 489 g/mol. The van der Waals surface area contributed by atoms with E-state index in [1.807, 2.05) is 30.3 Å². The van der Waals surface area contributed by atoms with Crippen LogP contribution in [0, 0.1) is 0 Å². The molecule has 0 aliphatic carbocycles. The predicted octanol–water partition coefficient (Wildman–Crippen LogP) is 6.50. The number of ether oxygens (including phenoxy) is 1. The molecule has 0 unspecified atom stereocenters. The van der Waals surface area contributed by atoms with Gasteiger partial charge in [-0.3, -0.25) is 0 Å². The topological polar surface area (TPSA) is 24.5 Å². The van der Waals surface area contributed by atoms with E-state index in [-0.39, 0.29) is 24.8 Å². The highest BCUT2D eigenvalue weighted by atomic mass is 35.5. The molecule has 1 N–H and O–H groups in total. The van der Waals surface area contributed by atoms with Crippen molar-refractivity contribution >= 4 is 59.6 Å². The minimum absolute atomic E-state index is 0. The van der Waals surface area contributed by atoms with Crippen LogP contribution in [-0.4, -0.2) is 31.1 Å². The van der Waals surface area contributed by atoms with Gasteiger partial charge in [-0.05, 0) is 43.4 Å². The van der Waals surface area contributed by atoms with Gasteiger partial charge >= 0.3 is 0 Å². The summed E-state index contributed by atoms with van der Waals surface area (Å²) in [5, 5.41) is 5.37. The van der Waals surface area contributed by atoms with Gasteiger partial charge in [-0.1, -0.05) is 54.7 Å². The summed E-state index contributed by atoms with van der Waals surface area (Å²) in [6, 6.07) is 11.1. The van der Waals surface area contributed by atoms with E-state index in [0.29, 0.717) is 28.2 Å². The highest BCUT2D eigenvalue weighted by molar-refractivity contribution is 6.35. The monoisotopic (exact) mass is 486 g/mol. The molecule has 0 aliphatic rings. The number of likely N-dealkylation sites (N-methyl/N-ethyl adjacent to an activating group) is 1. The third-order valence-corrected chi connectivity index (χ3v) is 5.06. The number of nitrogens with one attached hydrogen (secondary N) is 1. The molecule has 0 heterocycles. The molecule has 0 bridgehead atoms. The summed E-state index contributed by atoms with van der Waals surface area (Å²) in [5.41, 5.74) is 1.92. The summed E-state index contributed by atoms with van der Waals surface area (Å²) < 4.78 is 5.98. The molecule has 3 nitrogen and oxygen atoms in total. The molecule has 0 aromatic heterocycles. The second-order valence-electron chi connectivity index (χ2n) is 5.98. The Bertz CT molecular complexity index is 711. The summed E-state index contributed by atoms with van der Waals surface area (Å²) in [6.45, 7) is 9.48. The Balaban J connectivity index is 0.00000364. The van der Waals surface area contributed by atoms with Crippen molar-refractivity contribution in [3.05, 3.63) is 62.6 Å². The fourth-order valence-corrected chi connectivity index (χ4v) is 3.28. The summed E-state index contributed by atoms with van der Waals surface area (Å²) >= 11 is 18.3. The first-order valence-corrected chi connectivity index (χ1v) is 9.95. The van der Waals surface area contributed by atoms with Gasteiger partial charge < -0.3 is 15.0 Å². The van der Waals surface area contributed by atoms with Crippen LogP contribution in [0.25, 0.3) is 0 Å². The molecule has 2 aromatic rings. The fraction of sp³-hybridized carbons (Fsp3) is 0.400. The molecule has 0 atom stereocenters. The van der Waals surface area contributed by atoms with E-state index in [2.05, 4.69) is 24.1 Å². The number of hydrogen-bond acceptors (Lipinski definition) is 3. The van der Waals surface area contributed by atoms with Gasteiger partial charge in [0.2, 0.25) is 0 Å². The van der Waals surface area contributed by atoms with Crippen LogP contribution in [0.3, 0.4) is 0 Å². The van der Waals surface area contributed by atoms with Crippen molar-refractivity contribution in [2.45, 2.75) is 27.0 Å². The Kier molecular flexibility index (Phi) is 14.4. The number of rotatable bonds is 10. The lowest BCUT2D eigenvalue weighted by Crippen LogP contribution is -2.31. The van der Waals surface area contributed by atoms with Crippen LogP contribution in [0.1, 0.15) is 25.0 Å². The van der Waals surface area contributed by atoms with Gasteiger partial charge in [-0.25, -0.2) is 0 Å². The van der Waals surface area contributed by atoms with Crippen LogP contribution in [0.2, 0.25) is 15.1 Å². The third kappa shape index (κ3) is 8.96. The van der Waals surface area contributed by atoms with Crippen LogP contribution in [0.15, 0.2) is 36.4 Å². The summed E-state index contributed by atoms with van der Waals surface area (Å²) in [6.07, 6.45) is 0. The number of halogens is 5. The van der Waals surface area contributed by atoms with Crippen molar-refractivity contribution in [1.82, 2.24) is 10.2 Å². The molecule has 158 valence electrons. The van der Waals surface area contributed by atoms with Gasteiger partial charge in [0.15, 0.2) is 0 Å². The zero-order chi connectivity index (χ0) is 18.9. The van der Waals surface area contributed by atoms with E-state index in [4.69, 9.17) is 39.5 Å². The summed E-state index contributed by atoms with van der Waals surface area (Å²) in [5.74, 6) is 0.802. The Labute approximate surface area is 195 Å². The molecule has 8 heteroatoms. The molecule has 0 aliphatic heterocycles. The molecule has 0 radical (unpaired) electrons. The molecule has 0 spiro atoms. The van der Waals surface area contributed by atoms with Gasteiger partial charge in [-0.2, -0.15) is 0 Å². The van der Waals surface area contributed by atoms with E-state index >= 15 is 0 Å². The molecule has 2 aromatic carbocycles. The number of benzene rings is 2. The van der Waals surface area contributed by atoms with E-state index in [1.165, 1.54) is 0 Å². The van der Waals surface area contributed by atoms with Crippen molar-refractivity contribution in [2.75, 3.05) is 26.2 Å². The Morgan fingerprint density at radius 3 is 2.18 bits per heavy atom. The molecule has 2 rings (SSSR count). The van der Waals surface area contributed by atoms with Crippen molar-refractivity contribution in [3.8, 4) is 5.75 Å². The first-order valence-electron chi connectivity index (χ1n) is 8.81. The van der Waals surface area contributed by atoms with Gasteiger partial charge in [0.25, 0.3) is 0 Å². The van der Waals surface area contributed by atoms with E-state index in [0.717, 1.165) is 43.1 Å². The quantitative estimate of drug-likeness (QED) is 0.386. The van der Waals surface area contributed by atoms with E-state index in [1.54, 1.807) is 6.07 Å². The molecular weight excluding hydrogens is 461 g/mol.